The van der Waals surface area contributed by atoms with Gasteiger partial charge in [-0.05, 0) is 43.2 Å². The highest BCUT2D eigenvalue weighted by atomic mass is 32.1. The van der Waals surface area contributed by atoms with Crippen LogP contribution in [0.25, 0.3) is 6.08 Å². The number of amides is 1. The fourth-order valence-electron chi connectivity index (χ4n) is 3.74. The third kappa shape index (κ3) is 2.47. The molecule has 2 fully saturated rings. The Morgan fingerprint density at radius 1 is 1.18 bits per heavy atom. The SMILES string of the molecule is O=C(/C=C/c1cccs1)N1C2CCC1CC(n1nccn1)C2. The molecular formula is C16H18N4OS. The summed E-state index contributed by atoms with van der Waals surface area (Å²) >= 11 is 1.65. The lowest BCUT2D eigenvalue weighted by Gasteiger charge is -2.37. The van der Waals surface area contributed by atoms with Crippen LogP contribution in [0, 0.1) is 0 Å². The van der Waals surface area contributed by atoms with Gasteiger partial charge >= 0.3 is 0 Å². The zero-order valence-corrected chi connectivity index (χ0v) is 13.0. The molecule has 114 valence electrons. The second kappa shape index (κ2) is 5.68. The first-order chi connectivity index (χ1) is 10.8. The van der Waals surface area contributed by atoms with E-state index >= 15 is 0 Å². The number of rotatable bonds is 3. The van der Waals surface area contributed by atoms with Crippen LogP contribution in [-0.4, -0.2) is 37.9 Å². The van der Waals surface area contributed by atoms with Crippen molar-refractivity contribution in [1.82, 2.24) is 19.9 Å². The largest absolute Gasteiger partial charge is 0.333 e. The molecule has 0 aromatic carbocycles. The van der Waals surface area contributed by atoms with E-state index in [1.54, 1.807) is 29.8 Å². The molecule has 0 aliphatic carbocycles. The molecule has 2 aliphatic rings. The summed E-state index contributed by atoms with van der Waals surface area (Å²) in [6.45, 7) is 0. The third-order valence-corrected chi connectivity index (χ3v) is 5.50. The Morgan fingerprint density at radius 2 is 1.91 bits per heavy atom. The molecule has 0 N–H and O–H groups in total. The van der Waals surface area contributed by atoms with Gasteiger partial charge in [-0.1, -0.05) is 6.07 Å². The van der Waals surface area contributed by atoms with Crippen LogP contribution in [0.5, 0.6) is 0 Å². The summed E-state index contributed by atoms with van der Waals surface area (Å²) in [5.74, 6) is 0.146. The second-order valence-electron chi connectivity index (χ2n) is 5.95. The maximum absolute atomic E-state index is 12.6. The van der Waals surface area contributed by atoms with Gasteiger partial charge in [0.2, 0.25) is 5.91 Å². The lowest BCUT2D eigenvalue weighted by Crippen LogP contribution is -2.46. The topological polar surface area (TPSA) is 51.0 Å². The first-order valence-electron chi connectivity index (χ1n) is 7.71. The van der Waals surface area contributed by atoms with Gasteiger partial charge < -0.3 is 4.90 Å². The molecule has 2 saturated heterocycles. The number of nitrogens with zero attached hydrogens (tertiary/aromatic N) is 4. The Kier molecular flexibility index (Phi) is 3.54. The third-order valence-electron chi connectivity index (χ3n) is 4.66. The van der Waals surface area contributed by atoms with Crippen LogP contribution in [0.3, 0.4) is 0 Å². The summed E-state index contributed by atoms with van der Waals surface area (Å²) in [7, 11) is 0. The molecule has 4 rings (SSSR count). The smallest absolute Gasteiger partial charge is 0.247 e. The van der Waals surface area contributed by atoms with Gasteiger partial charge in [-0.15, -0.1) is 11.3 Å². The number of hydrogen-bond donors (Lipinski definition) is 0. The number of fused-ring (bicyclic) bond motifs is 2. The molecule has 2 atom stereocenters. The number of carbonyl (C=O) groups is 1. The number of aromatic nitrogens is 3. The number of thiophene rings is 1. The lowest BCUT2D eigenvalue weighted by atomic mass is 9.97. The van der Waals surface area contributed by atoms with Gasteiger partial charge in [0.15, 0.2) is 0 Å². The van der Waals surface area contributed by atoms with Crippen molar-refractivity contribution in [1.29, 1.82) is 0 Å². The zero-order chi connectivity index (χ0) is 14.9. The van der Waals surface area contributed by atoms with Crippen LogP contribution in [0.2, 0.25) is 0 Å². The summed E-state index contributed by atoms with van der Waals surface area (Å²) in [4.78, 5) is 17.6. The summed E-state index contributed by atoms with van der Waals surface area (Å²) < 4.78 is 0. The highest BCUT2D eigenvalue weighted by Gasteiger charge is 2.43. The fourth-order valence-corrected chi connectivity index (χ4v) is 4.35. The van der Waals surface area contributed by atoms with Gasteiger partial charge in [0.1, 0.15) is 0 Å². The van der Waals surface area contributed by atoms with Crippen molar-refractivity contribution in [3.05, 3.63) is 40.9 Å². The molecule has 2 aromatic rings. The minimum absolute atomic E-state index is 0.146. The maximum Gasteiger partial charge on any atom is 0.247 e. The average Bonchev–Trinajstić information content (AvgIpc) is 3.25. The van der Waals surface area contributed by atoms with Crippen molar-refractivity contribution in [3.63, 3.8) is 0 Å². The maximum atomic E-state index is 12.6. The standard InChI is InChI=1S/C16H18N4OS/c21-16(6-5-15-2-1-9-22-15)19-12-3-4-13(19)11-14(10-12)20-17-7-8-18-20/h1-2,5-9,12-14H,3-4,10-11H2/b6-5+. The van der Waals surface area contributed by atoms with Crippen molar-refractivity contribution in [3.8, 4) is 0 Å². The molecule has 6 heteroatoms. The molecule has 2 bridgehead atoms. The Hall–Kier alpha value is -1.95. The Bertz CT molecular complexity index is 650. The van der Waals surface area contributed by atoms with Crippen LogP contribution in [0.4, 0.5) is 0 Å². The highest BCUT2D eigenvalue weighted by molar-refractivity contribution is 7.10. The lowest BCUT2D eigenvalue weighted by molar-refractivity contribution is -0.130. The van der Waals surface area contributed by atoms with Crippen molar-refractivity contribution in [2.75, 3.05) is 0 Å². The summed E-state index contributed by atoms with van der Waals surface area (Å²) in [5.41, 5.74) is 0. The Balaban J connectivity index is 1.47. The zero-order valence-electron chi connectivity index (χ0n) is 12.2. The van der Waals surface area contributed by atoms with E-state index in [-0.39, 0.29) is 5.91 Å². The monoisotopic (exact) mass is 314 g/mol. The predicted octanol–water partition coefficient (Wildman–Crippen LogP) is 2.75. The molecule has 0 saturated carbocycles. The molecule has 4 heterocycles. The first-order valence-corrected chi connectivity index (χ1v) is 8.59. The summed E-state index contributed by atoms with van der Waals surface area (Å²) in [6.07, 6.45) is 11.2. The average molecular weight is 314 g/mol. The van der Waals surface area contributed by atoms with E-state index in [0.717, 1.165) is 30.6 Å². The van der Waals surface area contributed by atoms with E-state index in [1.807, 2.05) is 28.4 Å². The van der Waals surface area contributed by atoms with E-state index < -0.39 is 0 Å². The molecule has 1 amide bonds. The van der Waals surface area contributed by atoms with E-state index in [2.05, 4.69) is 15.1 Å². The van der Waals surface area contributed by atoms with E-state index in [0.29, 0.717) is 18.1 Å². The van der Waals surface area contributed by atoms with Crippen molar-refractivity contribution >= 4 is 23.3 Å². The van der Waals surface area contributed by atoms with Crippen LogP contribution in [0.1, 0.15) is 36.6 Å². The van der Waals surface area contributed by atoms with Gasteiger partial charge in [0.05, 0.1) is 18.4 Å². The minimum atomic E-state index is 0.146. The molecule has 2 aromatic heterocycles. The number of hydrogen-bond acceptors (Lipinski definition) is 4. The molecule has 0 radical (unpaired) electrons. The van der Waals surface area contributed by atoms with Gasteiger partial charge in [0.25, 0.3) is 0 Å². The summed E-state index contributed by atoms with van der Waals surface area (Å²) in [5, 5.41) is 10.6. The molecule has 5 nitrogen and oxygen atoms in total. The van der Waals surface area contributed by atoms with Crippen molar-refractivity contribution < 1.29 is 4.79 Å². The number of carbonyl (C=O) groups excluding carboxylic acids is 1. The molecule has 2 unspecified atom stereocenters. The quantitative estimate of drug-likeness (QED) is 0.819. The van der Waals surface area contributed by atoms with Gasteiger partial charge in [-0.2, -0.15) is 15.0 Å². The molecule has 22 heavy (non-hydrogen) atoms. The number of piperidine rings is 1. The van der Waals surface area contributed by atoms with E-state index in [4.69, 9.17) is 0 Å². The van der Waals surface area contributed by atoms with Gasteiger partial charge in [0, 0.05) is 23.0 Å². The van der Waals surface area contributed by atoms with Crippen LogP contribution < -0.4 is 0 Å². The van der Waals surface area contributed by atoms with Crippen molar-refractivity contribution in [2.45, 2.75) is 43.8 Å². The fraction of sp³-hybridized carbons (Fsp3) is 0.438. The van der Waals surface area contributed by atoms with Crippen LogP contribution in [0.15, 0.2) is 36.0 Å². The Labute approximate surface area is 133 Å². The summed E-state index contributed by atoms with van der Waals surface area (Å²) in [6, 6.07) is 5.02. The van der Waals surface area contributed by atoms with Crippen LogP contribution in [-0.2, 0) is 4.79 Å². The van der Waals surface area contributed by atoms with Crippen molar-refractivity contribution in [2.24, 2.45) is 0 Å². The van der Waals surface area contributed by atoms with E-state index in [1.165, 1.54) is 0 Å². The predicted molar refractivity (Wildman–Crippen MR) is 85.3 cm³/mol. The molecule has 2 aliphatic heterocycles. The van der Waals surface area contributed by atoms with Gasteiger partial charge in [-0.3, -0.25) is 4.79 Å². The second-order valence-corrected chi connectivity index (χ2v) is 6.93. The van der Waals surface area contributed by atoms with Gasteiger partial charge in [-0.25, -0.2) is 0 Å². The Morgan fingerprint density at radius 3 is 2.55 bits per heavy atom. The minimum Gasteiger partial charge on any atom is -0.333 e. The first kappa shape index (κ1) is 13.7. The van der Waals surface area contributed by atoms with Crippen LogP contribution >= 0.6 is 11.3 Å². The highest BCUT2D eigenvalue weighted by Crippen LogP contribution is 2.40. The molecular weight excluding hydrogens is 296 g/mol. The molecule has 0 spiro atoms. The normalized spacial score (nSPS) is 27.6. The van der Waals surface area contributed by atoms with E-state index in [9.17, 15) is 4.79 Å².